The van der Waals surface area contributed by atoms with E-state index in [0.29, 0.717) is 0 Å². The summed E-state index contributed by atoms with van der Waals surface area (Å²) in [7, 11) is 0. The van der Waals surface area contributed by atoms with Crippen LogP contribution in [-0.4, -0.2) is 0 Å². The second-order valence-electron chi connectivity index (χ2n) is 1.15. The van der Waals surface area contributed by atoms with Crippen LogP contribution in [0.4, 0.5) is 0 Å². The fourth-order valence-electron chi connectivity index (χ4n) is 0. The van der Waals surface area contributed by atoms with Gasteiger partial charge in [-0.1, -0.05) is 0 Å². The summed E-state index contributed by atoms with van der Waals surface area (Å²) in [5.41, 5.74) is 0. The molecule has 0 aliphatic heterocycles. The molecule has 0 atom stereocenters. The van der Waals surface area contributed by atoms with Crippen LogP contribution in [-0.2, 0) is 39.6 Å². The molecular weight excluding hydrogens is 545 g/mol. The largest absolute Gasteiger partial charge is 0.335 e. The summed E-state index contributed by atoms with van der Waals surface area (Å²) in [6, 6.07) is 0. The maximum absolute atomic E-state index is 2.00. The first-order valence-electron chi connectivity index (χ1n) is 2.31. The third kappa shape index (κ3) is 132. The zero-order valence-corrected chi connectivity index (χ0v) is 15.0. The summed E-state index contributed by atoms with van der Waals surface area (Å²) in [4.78, 5) is 0. The van der Waals surface area contributed by atoms with Crippen molar-refractivity contribution in [3.05, 3.63) is 12.8 Å². The molecule has 0 bridgehead atoms. The standard InChI is InChI=1S/2C3H7.U.V.W/c2*1-3-2;;;/h2*3H,1-2H3;;;/q2*-1;;;. The smallest absolute Gasteiger partial charge is 0 e. The average molecular weight is 559 g/mol. The molecule has 0 aromatic rings. The molecule has 0 nitrogen and oxygen atoms in total. The Hall–Kier alpha value is 2.32. The predicted molar refractivity (Wildman–Crippen MR) is 31.3 cm³/mol. The van der Waals surface area contributed by atoms with E-state index < -0.39 is 0 Å². The molecule has 0 N–H and O–H groups in total. The second-order valence-corrected chi connectivity index (χ2v) is 1.15. The van der Waals surface area contributed by atoms with Crippen molar-refractivity contribution in [2.45, 2.75) is 27.7 Å². The molecule has 0 unspecified atom stereocenters. The SMILES string of the molecule is C[CH-]C.C[CH-]C.[U].[V].[W]. The minimum absolute atomic E-state index is 0. The molecule has 3 heteroatoms. The first kappa shape index (κ1) is 30.2. The Morgan fingerprint density at radius 1 is 0.778 bits per heavy atom. The van der Waals surface area contributed by atoms with E-state index in [1.165, 1.54) is 0 Å². The molecule has 0 aromatic carbocycles. The monoisotopic (exact) mass is 559 g/mol. The Balaban J connectivity index is -0.00000000889. The molecule has 0 aliphatic rings. The summed E-state index contributed by atoms with van der Waals surface area (Å²) < 4.78 is 0. The van der Waals surface area contributed by atoms with E-state index in [0.717, 1.165) is 0 Å². The van der Waals surface area contributed by atoms with E-state index in [-0.39, 0.29) is 70.7 Å². The van der Waals surface area contributed by atoms with Gasteiger partial charge in [0.1, 0.15) is 0 Å². The van der Waals surface area contributed by atoms with Crippen molar-refractivity contribution in [2.24, 2.45) is 0 Å². The fraction of sp³-hybridized carbons (Fsp3) is 0.667. The molecule has 0 spiro atoms. The van der Waals surface area contributed by atoms with Gasteiger partial charge in [-0.05, 0) is 0 Å². The van der Waals surface area contributed by atoms with Gasteiger partial charge in [0.25, 0.3) is 0 Å². The van der Waals surface area contributed by atoms with Crippen molar-refractivity contribution in [1.29, 1.82) is 0 Å². The van der Waals surface area contributed by atoms with Gasteiger partial charge < -0.3 is 12.8 Å². The molecule has 0 aliphatic carbocycles. The molecule has 0 aromatic heterocycles. The first-order valence-corrected chi connectivity index (χ1v) is 2.31. The molecular formula is C6H14UVW-2. The molecule has 9 heavy (non-hydrogen) atoms. The molecule has 0 amide bonds. The number of hydrogen-bond donors (Lipinski definition) is 0. The van der Waals surface area contributed by atoms with Gasteiger partial charge in [-0.3, -0.25) is 0 Å². The molecule has 0 fully saturated rings. The maximum Gasteiger partial charge on any atom is 0 e. The van der Waals surface area contributed by atoms with Crippen LogP contribution in [0.15, 0.2) is 0 Å². The second kappa shape index (κ2) is 48.0. The molecule has 1 radical (unpaired) electrons. The summed E-state index contributed by atoms with van der Waals surface area (Å²) in [6.45, 7) is 8.00. The Bertz CT molecular complexity index is 15.0. The van der Waals surface area contributed by atoms with Crippen LogP contribution in [0.25, 0.3) is 0 Å². The Morgan fingerprint density at radius 3 is 0.778 bits per heavy atom. The molecule has 0 heterocycles. The topological polar surface area (TPSA) is 0 Å². The zero-order chi connectivity index (χ0) is 5.41. The van der Waals surface area contributed by atoms with Gasteiger partial charge in [0.15, 0.2) is 0 Å². The van der Waals surface area contributed by atoms with Crippen molar-refractivity contribution >= 4 is 0 Å². The van der Waals surface area contributed by atoms with Crippen LogP contribution in [0.1, 0.15) is 27.7 Å². The van der Waals surface area contributed by atoms with E-state index >= 15 is 0 Å². The fourth-order valence-corrected chi connectivity index (χ4v) is 0. The van der Waals surface area contributed by atoms with E-state index in [1.807, 2.05) is 40.5 Å². The van der Waals surface area contributed by atoms with E-state index in [9.17, 15) is 0 Å². The molecule has 0 saturated heterocycles. The van der Waals surface area contributed by atoms with Crippen molar-refractivity contribution in [1.82, 2.24) is 0 Å². The van der Waals surface area contributed by atoms with E-state index in [4.69, 9.17) is 0 Å². The van der Waals surface area contributed by atoms with E-state index in [2.05, 4.69) is 0 Å². The molecule has 0 rings (SSSR count). The van der Waals surface area contributed by atoms with Crippen molar-refractivity contribution < 1.29 is 70.7 Å². The minimum atomic E-state index is 0. The van der Waals surface area contributed by atoms with Gasteiger partial charge in [-0.25, -0.2) is 0 Å². The van der Waals surface area contributed by atoms with Gasteiger partial charge >= 0.3 is 0 Å². The summed E-state index contributed by atoms with van der Waals surface area (Å²) in [5, 5.41) is 0. The zero-order valence-electron chi connectivity index (χ0n) is 6.51. The quantitative estimate of drug-likeness (QED) is 0.401. The van der Waals surface area contributed by atoms with Gasteiger partial charge in [0.2, 0.25) is 0 Å². The number of hydrogen-bond acceptors (Lipinski definition) is 0. The van der Waals surface area contributed by atoms with Crippen LogP contribution in [0.5, 0.6) is 0 Å². The molecule has 55 valence electrons. The Kier molecular flexibility index (Phi) is 161. The maximum atomic E-state index is 2.00. The van der Waals surface area contributed by atoms with Gasteiger partial charge in [0.05, 0.1) is 0 Å². The first-order chi connectivity index (χ1) is 2.83. The molecule has 0 saturated carbocycles. The van der Waals surface area contributed by atoms with Gasteiger partial charge in [0, 0.05) is 70.7 Å². The predicted octanol–water partition coefficient (Wildman–Crippen LogP) is 2.46. The minimum Gasteiger partial charge on any atom is -0.335 e. The van der Waals surface area contributed by atoms with Crippen molar-refractivity contribution in [3.8, 4) is 0 Å². The summed E-state index contributed by atoms with van der Waals surface area (Å²) in [6.07, 6.45) is 4.00. The Labute approximate surface area is 110 Å². The van der Waals surface area contributed by atoms with Gasteiger partial charge in [-0.15, -0.1) is 0 Å². The number of rotatable bonds is 0. The van der Waals surface area contributed by atoms with Gasteiger partial charge in [-0.2, -0.15) is 27.7 Å². The van der Waals surface area contributed by atoms with Crippen LogP contribution in [0, 0.1) is 44.0 Å². The van der Waals surface area contributed by atoms with Crippen LogP contribution >= 0.6 is 0 Å². The van der Waals surface area contributed by atoms with Crippen LogP contribution in [0.3, 0.4) is 0 Å². The normalized spacial score (nSPS) is 4.00. The Morgan fingerprint density at radius 2 is 0.778 bits per heavy atom. The van der Waals surface area contributed by atoms with Crippen LogP contribution < -0.4 is 0 Å². The van der Waals surface area contributed by atoms with E-state index in [1.54, 1.807) is 0 Å². The summed E-state index contributed by atoms with van der Waals surface area (Å²) in [5.74, 6) is 0. The van der Waals surface area contributed by atoms with Crippen molar-refractivity contribution in [2.75, 3.05) is 0 Å². The summed E-state index contributed by atoms with van der Waals surface area (Å²) >= 11 is 0. The third-order valence-corrected chi connectivity index (χ3v) is 0. The van der Waals surface area contributed by atoms with Crippen molar-refractivity contribution in [3.63, 3.8) is 0 Å². The van der Waals surface area contributed by atoms with Crippen LogP contribution in [0.2, 0.25) is 0 Å². The average Bonchev–Trinajstić information content (AvgIpc) is 1.39. The third-order valence-electron chi connectivity index (χ3n) is 0.